The summed E-state index contributed by atoms with van der Waals surface area (Å²) in [5.74, 6) is 0.371. The molecule has 1 saturated heterocycles. The maximum absolute atomic E-state index is 12.5. The van der Waals surface area contributed by atoms with E-state index in [0.717, 1.165) is 17.5 Å². The van der Waals surface area contributed by atoms with Gasteiger partial charge in [0, 0.05) is 23.7 Å². The van der Waals surface area contributed by atoms with Crippen molar-refractivity contribution in [3.8, 4) is 22.8 Å². The van der Waals surface area contributed by atoms with Crippen LogP contribution in [0.2, 0.25) is 0 Å². The van der Waals surface area contributed by atoms with Crippen molar-refractivity contribution < 1.29 is 24.1 Å². The number of fused-ring (bicyclic) bond motifs is 3. The molecule has 2 aliphatic heterocycles. The predicted octanol–water partition coefficient (Wildman–Crippen LogP) is 2.89. The SMILES string of the molecule is CCC(C)(C)N1Cc2cc(OCC3COC3)c(OC)cc2-c2cc(=O)c(C(=O)O)cn21. The molecule has 2 aliphatic rings. The van der Waals surface area contributed by atoms with E-state index in [4.69, 9.17) is 14.2 Å². The Bertz CT molecular complexity index is 1070. The lowest BCUT2D eigenvalue weighted by Crippen LogP contribution is -2.52. The molecular formula is C23H28N2O6. The van der Waals surface area contributed by atoms with Crippen LogP contribution in [0.5, 0.6) is 11.5 Å². The topological polar surface area (TPSA) is 90.2 Å². The third-order valence-electron chi connectivity index (χ3n) is 6.25. The number of methoxy groups -OCH3 is 1. The van der Waals surface area contributed by atoms with E-state index in [0.29, 0.717) is 49.5 Å². The van der Waals surface area contributed by atoms with Gasteiger partial charge in [-0.2, -0.15) is 0 Å². The minimum absolute atomic E-state index is 0.251. The van der Waals surface area contributed by atoms with E-state index in [1.165, 1.54) is 12.3 Å². The molecule has 0 spiro atoms. The summed E-state index contributed by atoms with van der Waals surface area (Å²) in [5, 5.41) is 11.6. The molecule has 0 amide bonds. The lowest BCUT2D eigenvalue weighted by Gasteiger charge is -2.45. The Labute approximate surface area is 180 Å². The Morgan fingerprint density at radius 3 is 2.58 bits per heavy atom. The molecule has 0 unspecified atom stereocenters. The first kappa shape index (κ1) is 21.2. The molecule has 0 saturated carbocycles. The first-order valence-corrected chi connectivity index (χ1v) is 10.4. The lowest BCUT2D eigenvalue weighted by molar-refractivity contribution is -0.0511. The molecule has 1 aromatic heterocycles. The number of benzene rings is 1. The minimum Gasteiger partial charge on any atom is -0.493 e. The molecule has 1 aromatic carbocycles. The number of rotatable bonds is 7. The van der Waals surface area contributed by atoms with E-state index in [1.54, 1.807) is 11.8 Å². The van der Waals surface area contributed by atoms with Crippen LogP contribution in [0.3, 0.4) is 0 Å². The molecule has 31 heavy (non-hydrogen) atoms. The van der Waals surface area contributed by atoms with Crippen LogP contribution in [0.4, 0.5) is 0 Å². The zero-order valence-corrected chi connectivity index (χ0v) is 18.3. The summed E-state index contributed by atoms with van der Waals surface area (Å²) in [6, 6.07) is 5.22. The van der Waals surface area contributed by atoms with Gasteiger partial charge in [0.25, 0.3) is 0 Å². The third kappa shape index (κ3) is 3.76. The molecule has 4 rings (SSSR count). The molecule has 3 heterocycles. The molecule has 1 N–H and O–H groups in total. The van der Waals surface area contributed by atoms with E-state index in [1.807, 2.05) is 12.1 Å². The highest BCUT2D eigenvalue weighted by Gasteiger charge is 2.33. The monoisotopic (exact) mass is 428 g/mol. The zero-order valence-electron chi connectivity index (χ0n) is 18.3. The van der Waals surface area contributed by atoms with Crippen molar-refractivity contribution in [3.05, 3.63) is 45.7 Å². The summed E-state index contributed by atoms with van der Waals surface area (Å²) in [6.07, 6.45) is 2.26. The average Bonchev–Trinajstić information content (AvgIpc) is 2.70. The van der Waals surface area contributed by atoms with Crippen LogP contribution >= 0.6 is 0 Å². The summed E-state index contributed by atoms with van der Waals surface area (Å²) in [7, 11) is 1.58. The number of nitrogens with zero attached hydrogens (tertiary/aromatic N) is 2. The Balaban J connectivity index is 1.85. The third-order valence-corrected chi connectivity index (χ3v) is 6.25. The van der Waals surface area contributed by atoms with Gasteiger partial charge in [-0.25, -0.2) is 4.79 Å². The second-order valence-electron chi connectivity index (χ2n) is 8.68. The molecule has 0 atom stereocenters. The molecule has 1 fully saturated rings. The smallest absolute Gasteiger partial charge is 0.341 e. The van der Waals surface area contributed by atoms with Gasteiger partial charge in [0.2, 0.25) is 0 Å². The van der Waals surface area contributed by atoms with Gasteiger partial charge in [-0.3, -0.25) is 9.47 Å². The van der Waals surface area contributed by atoms with Crippen LogP contribution in [-0.2, 0) is 11.3 Å². The van der Waals surface area contributed by atoms with Gasteiger partial charge in [0.15, 0.2) is 16.9 Å². The second kappa shape index (κ2) is 7.92. The zero-order chi connectivity index (χ0) is 22.3. The van der Waals surface area contributed by atoms with Crippen LogP contribution in [0.1, 0.15) is 43.1 Å². The average molecular weight is 428 g/mol. The molecule has 0 radical (unpaired) electrons. The summed E-state index contributed by atoms with van der Waals surface area (Å²) in [5.41, 5.74) is 1.40. The molecular weight excluding hydrogens is 400 g/mol. The number of ether oxygens (including phenoxy) is 3. The Morgan fingerprint density at radius 1 is 1.26 bits per heavy atom. The highest BCUT2D eigenvalue weighted by Crippen LogP contribution is 2.40. The summed E-state index contributed by atoms with van der Waals surface area (Å²) in [4.78, 5) is 24.1. The molecule has 0 aliphatic carbocycles. The Kier molecular flexibility index (Phi) is 5.43. The summed E-state index contributed by atoms with van der Waals surface area (Å²) < 4.78 is 18.6. The molecule has 8 nitrogen and oxygen atoms in total. The van der Waals surface area contributed by atoms with Crippen LogP contribution < -0.4 is 19.9 Å². The fourth-order valence-corrected chi connectivity index (χ4v) is 3.84. The molecule has 166 valence electrons. The second-order valence-corrected chi connectivity index (χ2v) is 8.68. The van der Waals surface area contributed by atoms with E-state index in [9.17, 15) is 14.7 Å². The van der Waals surface area contributed by atoms with Gasteiger partial charge < -0.3 is 24.3 Å². The van der Waals surface area contributed by atoms with Gasteiger partial charge in [-0.05, 0) is 38.0 Å². The van der Waals surface area contributed by atoms with Crippen molar-refractivity contribution in [2.45, 2.75) is 39.3 Å². The largest absolute Gasteiger partial charge is 0.493 e. The van der Waals surface area contributed by atoms with E-state index in [-0.39, 0.29) is 11.1 Å². The Hall–Kier alpha value is -3.00. The lowest BCUT2D eigenvalue weighted by atomic mass is 9.95. The highest BCUT2D eigenvalue weighted by molar-refractivity contribution is 5.88. The van der Waals surface area contributed by atoms with Crippen molar-refractivity contribution in [1.82, 2.24) is 4.68 Å². The van der Waals surface area contributed by atoms with Gasteiger partial charge >= 0.3 is 5.97 Å². The van der Waals surface area contributed by atoms with Crippen molar-refractivity contribution in [1.29, 1.82) is 0 Å². The highest BCUT2D eigenvalue weighted by atomic mass is 16.5. The van der Waals surface area contributed by atoms with Crippen molar-refractivity contribution in [2.75, 3.05) is 31.9 Å². The van der Waals surface area contributed by atoms with Gasteiger partial charge in [0.1, 0.15) is 5.56 Å². The van der Waals surface area contributed by atoms with E-state index < -0.39 is 11.4 Å². The molecule has 8 heteroatoms. The van der Waals surface area contributed by atoms with Crippen LogP contribution in [0.15, 0.2) is 29.2 Å². The summed E-state index contributed by atoms with van der Waals surface area (Å²) in [6.45, 7) is 8.77. The van der Waals surface area contributed by atoms with Crippen molar-refractivity contribution in [2.24, 2.45) is 5.92 Å². The quantitative estimate of drug-likeness (QED) is 0.725. The van der Waals surface area contributed by atoms with Crippen LogP contribution in [0, 0.1) is 5.92 Å². The number of hydrogen-bond donors (Lipinski definition) is 1. The maximum Gasteiger partial charge on any atom is 0.341 e. The van der Waals surface area contributed by atoms with Crippen LogP contribution in [-0.4, -0.2) is 48.2 Å². The fourth-order valence-electron chi connectivity index (χ4n) is 3.84. The predicted molar refractivity (Wildman–Crippen MR) is 116 cm³/mol. The number of carboxylic acid groups (broad SMARTS) is 1. The van der Waals surface area contributed by atoms with E-state index >= 15 is 0 Å². The normalized spacial score (nSPS) is 15.7. The van der Waals surface area contributed by atoms with Crippen LogP contribution in [0.25, 0.3) is 11.3 Å². The van der Waals surface area contributed by atoms with Gasteiger partial charge in [-0.15, -0.1) is 0 Å². The Morgan fingerprint density at radius 2 is 2.00 bits per heavy atom. The molecule has 0 bridgehead atoms. The number of aromatic nitrogens is 1. The first-order chi connectivity index (χ1) is 14.7. The maximum atomic E-state index is 12.5. The number of aromatic carboxylic acids is 1. The van der Waals surface area contributed by atoms with Gasteiger partial charge in [-0.1, -0.05) is 6.92 Å². The van der Waals surface area contributed by atoms with Crippen molar-refractivity contribution >= 4 is 5.97 Å². The summed E-state index contributed by atoms with van der Waals surface area (Å²) >= 11 is 0. The number of pyridine rings is 1. The van der Waals surface area contributed by atoms with Gasteiger partial charge in [0.05, 0.1) is 44.7 Å². The fraction of sp³-hybridized carbons (Fsp3) is 0.478. The first-order valence-electron chi connectivity index (χ1n) is 10.4. The van der Waals surface area contributed by atoms with E-state index in [2.05, 4.69) is 25.8 Å². The number of carboxylic acids is 1. The molecule has 2 aromatic rings. The van der Waals surface area contributed by atoms with Crippen molar-refractivity contribution in [3.63, 3.8) is 0 Å². The standard InChI is InChI=1S/C23H28N2O6/c1-5-23(2,3)25-9-15-6-21(31-13-14-11-30-12-14)20(29-4)7-16(15)18-8-19(26)17(22(27)28)10-24(18)25/h6-8,10,14H,5,9,11-13H2,1-4H3,(H,27,28). The minimum atomic E-state index is -1.23. The number of hydrogen-bond acceptors (Lipinski definition) is 6. The number of carbonyl (C=O) groups is 1.